The number of carbonyl (C=O) groups excluding carboxylic acids is 2. The van der Waals surface area contributed by atoms with Gasteiger partial charge in [-0.3, -0.25) is 14.9 Å². The summed E-state index contributed by atoms with van der Waals surface area (Å²) in [6, 6.07) is 2.17. The largest absolute Gasteiger partial charge is 0.294 e. The van der Waals surface area contributed by atoms with Crippen LogP contribution in [0.3, 0.4) is 0 Å². The molecule has 18 heavy (non-hydrogen) atoms. The van der Waals surface area contributed by atoms with Crippen LogP contribution in [0.1, 0.15) is 32.1 Å². The molecule has 2 atom stereocenters. The first kappa shape index (κ1) is 11.2. The third-order valence-electron chi connectivity index (χ3n) is 4.43. The van der Waals surface area contributed by atoms with Crippen molar-refractivity contribution < 1.29 is 9.59 Å². The van der Waals surface area contributed by atoms with E-state index in [1.54, 1.807) is 0 Å². The molecule has 0 aromatic carbocycles. The van der Waals surface area contributed by atoms with Crippen molar-refractivity contribution in [2.24, 2.45) is 10.8 Å². The molecule has 0 aromatic rings. The van der Waals surface area contributed by atoms with Crippen LogP contribution in [0.15, 0.2) is 23.8 Å². The van der Waals surface area contributed by atoms with E-state index < -0.39 is 16.7 Å². The molecule has 3 aliphatic rings. The highest BCUT2D eigenvalue weighted by molar-refractivity contribution is 6.09. The number of allylic oxidation sites excluding steroid dienone is 3. The van der Waals surface area contributed by atoms with Crippen LogP contribution >= 0.6 is 0 Å². The normalized spacial score (nSPS) is 38.1. The van der Waals surface area contributed by atoms with Gasteiger partial charge in [0.05, 0.1) is 11.5 Å². The fourth-order valence-electron chi connectivity index (χ4n) is 3.46. The highest BCUT2D eigenvalue weighted by Gasteiger charge is 2.59. The van der Waals surface area contributed by atoms with E-state index in [1.165, 1.54) is 0 Å². The van der Waals surface area contributed by atoms with Crippen molar-refractivity contribution in [1.82, 2.24) is 5.32 Å². The van der Waals surface area contributed by atoms with E-state index in [0.29, 0.717) is 12.8 Å². The molecule has 3 rings (SSSR count). The number of rotatable bonds is 0. The summed E-state index contributed by atoms with van der Waals surface area (Å²) in [6.45, 7) is 0. The summed E-state index contributed by atoms with van der Waals surface area (Å²) in [5.41, 5.74) is -1.07. The topological polar surface area (TPSA) is 70.0 Å². The summed E-state index contributed by atoms with van der Waals surface area (Å²) in [4.78, 5) is 24.4. The number of piperidine rings is 1. The Kier molecular flexibility index (Phi) is 2.21. The van der Waals surface area contributed by atoms with E-state index in [4.69, 9.17) is 0 Å². The standard InChI is InChI=1S/C14H14N2O2/c15-9-14-8-4-3-7-13(11(17)16-12(14)18)6-2-1-5-10(13)14/h3-5H,1-2,6-8H2,(H,16,17,18). The lowest BCUT2D eigenvalue weighted by Crippen LogP contribution is -2.59. The van der Waals surface area contributed by atoms with Gasteiger partial charge in [0, 0.05) is 0 Å². The molecule has 1 N–H and O–H groups in total. The Morgan fingerprint density at radius 1 is 1.22 bits per heavy atom. The van der Waals surface area contributed by atoms with Crippen molar-refractivity contribution in [2.45, 2.75) is 32.1 Å². The zero-order valence-corrected chi connectivity index (χ0v) is 10.0. The maximum absolute atomic E-state index is 12.3. The molecule has 2 unspecified atom stereocenters. The zero-order valence-electron chi connectivity index (χ0n) is 10.0. The number of hydrogen-bond donors (Lipinski definition) is 1. The maximum Gasteiger partial charge on any atom is 0.251 e. The highest BCUT2D eigenvalue weighted by Crippen LogP contribution is 2.54. The summed E-state index contributed by atoms with van der Waals surface area (Å²) in [7, 11) is 0. The summed E-state index contributed by atoms with van der Waals surface area (Å²) in [5.74, 6) is -0.679. The predicted molar refractivity (Wildman–Crippen MR) is 63.9 cm³/mol. The molecule has 2 bridgehead atoms. The van der Waals surface area contributed by atoms with Gasteiger partial charge >= 0.3 is 0 Å². The summed E-state index contributed by atoms with van der Waals surface area (Å²) >= 11 is 0. The molecule has 4 heteroatoms. The minimum Gasteiger partial charge on any atom is -0.294 e. The van der Waals surface area contributed by atoms with Crippen LogP contribution in [-0.2, 0) is 9.59 Å². The smallest absolute Gasteiger partial charge is 0.251 e. The number of nitrogens with one attached hydrogen (secondary N) is 1. The van der Waals surface area contributed by atoms with E-state index in [9.17, 15) is 14.9 Å². The molecule has 0 radical (unpaired) electrons. The molecule has 2 amide bonds. The second kappa shape index (κ2) is 3.55. The van der Waals surface area contributed by atoms with Gasteiger partial charge in [-0.2, -0.15) is 5.26 Å². The van der Waals surface area contributed by atoms with Gasteiger partial charge in [0.1, 0.15) is 0 Å². The second-order valence-corrected chi connectivity index (χ2v) is 5.27. The van der Waals surface area contributed by atoms with Gasteiger partial charge in [0.2, 0.25) is 5.91 Å². The number of hydrogen-bond acceptors (Lipinski definition) is 3. The van der Waals surface area contributed by atoms with E-state index in [2.05, 4.69) is 11.4 Å². The van der Waals surface area contributed by atoms with Gasteiger partial charge in [-0.25, -0.2) is 0 Å². The van der Waals surface area contributed by atoms with Crippen LogP contribution in [0, 0.1) is 22.2 Å². The van der Waals surface area contributed by atoms with Crippen LogP contribution in [0.5, 0.6) is 0 Å². The minimum absolute atomic E-state index is 0.226. The van der Waals surface area contributed by atoms with Crippen LogP contribution in [0.4, 0.5) is 0 Å². The zero-order chi connectivity index (χ0) is 12.8. The second-order valence-electron chi connectivity index (χ2n) is 5.27. The fraction of sp³-hybridized carbons (Fsp3) is 0.500. The van der Waals surface area contributed by atoms with Crippen LogP contribution < -0.4 is 5.32 Å². The van der Waals surface area contributed by atoms with Crippen LogP contribution in [-0.4, -0.2) is 11.8 Å². The van der Waals surface area contributed by atoms with Crippen molar-refractivity contribution in [2.75, 3.05) is 0 Å². The molecule has 4 nitrogen and oxygen atoms in total. The lowest BCUT2D eigenvalue weighted by molar-refractivity contribution is -0.143. The quantitative estimate of drug-likeness (QED) is 0.518. The van der Waals surface area contributed by atoms with Crippen molar-refractivity contribution in [3.05, 3.63) is 23.8 Å². The highest BCUT2D eigenvalue weighted by atomic mass is 16.2. The third kappa shape index (κ3) is 1.14. The lowest BCUT2D eigenvalue weighted by atomic mass is 9.58. The molecule has 1 saturated heterocycles. The molecular formula is C14H14N2O2. The summed E-state index contributed by atoms with van der Waals surface area (Å²) < 4.78 is 0. The Hall–Kier alpha value is -1.89. The van der Waals surface area contributed by atoms with Gasteiger partial charge in [0.15, 0.2) is 5.41 Å². The maximum atomic E-state index is 12.3. The van der Waals surface area contributed by atoms with Crippen molar-refractivity contribution in [3.8, 4) is 6.07 Å². The van der Waals surface area contributed by atoms with Crippen molar-refractivity contribution in [3.63, 3.8) is 0 Å². The molecule has 1 heterocycles. The Labute approximate surface area is 105 Å². The Morgan fingerprint density at radius 3 is 2.78 bits per heavy atom. The molecule has 1 aliphatic heterocycles. The third-order valence-corrected chi connectivity index (χ3v) is 4.43. The molecular weight excluding hydrogens is 228 g/mol. The van der Waals surface area contributed by atoms with Gasteiger partial charge in [-0.05, 0) is 37.7 Å². The van der Waals surface area contributed by atoms with Gasteiger partial charge in [-0.1, -0.05) is 18.2 Å². The Morgan fingerprint density at radius 2 is 2.00 bits per heavy atom. The fourth-order valence-corrected chi connectivity index (χ4v) is 3.46. The van der Waals surface area contributed by atoms with Gasteiger partial charge in [0.25, 0.3) is 5.91 Å². The van der Waals surface area contributed by atoms with E-state index in [1.807, 2.05) is 18.2 Å². The van der Waals surface area contributed by atoms with Crippen LogP contribution in [0.25, 0.3) is 0 Å². The van der Waals surface area contributed by atoms with Gasteiger partial charge in [-0.15, -0.1) is 0 Å². The summed E-state index contributed by atoms with van der Waals surface area (Å²) in [5, 5.41) is 11.9. The van der Waals surface area contributed by atoms with Crippen molar-refractivity contribution in [1.29, 1.82) is 5.26 Å². The van der Waals surface area contributed by atoms with E-state index in [0.717, 1.165) is 24.8 Å². The number of nitriles is 1. The van der Waals surface area contributed by atoms with E-state index in [-0.39, 0.29) is 5.91 Å². The first-order chi connectivity index (χ1) is 8.66. The number of carbonyl (C=O) groups is 2. The molecule has 1 fully saturated rings. The molecule has 92 valence electrons. The monoisotopic (exact) mass is 242 g/mol. The summed E-state index contributed by atoms with van der Waals surface area (Å²) in [6.07, 6.45) is 9.24. The Bertz CT molecular complexity index is 540. The predicted octanol–water partition coefficient (Wildman–Crippen LogP) is 1.60. The number of nitrogens with zero attached hydrogens (tertiary/aromatic N) is 1. The Balaban J connectivity index is 2.28. The lowest BCUT2D eigenvalue weighted by Gasteiger charge is -2.45. The molecule has 0 spiro atoms. The molecule has 0 aromatic heterocycles. The van der Waals surface area contributed by atoms with E-state index >= 15 is 0 Å². The number of imide groups is 1. The van der Waals surface area contributed by atoms with Crippen molar-refractivity contribution >= 4 is 11.8 Å². The molecule has 2 aliphatic carbocycles. The minimum atomic E-state index is -1.17. The first-order valence-corrected chi connectivity index (χ1v) is 6.29. The van der Waals surface area contributed by atoms with Gasteiger partial charge < -0.3 is 0 Å². The number of amides is 2. The average Bonchev–Trinajstić information content (AvgIpc) is 2.53. The molecule has 0 saturated carbocycles. The average molecular weight is 242 g/mol. The first-order valence-electron chi connectivity index (χ1n) is 6.29. The van der Waals surface area contributed by atoms with Crippen LogP contribution in [0.2, 0.25) is 0 Å². The SMILES string of the molecule is N#CC12CC=CCC3(CCCC=C13)C(=O)NC2=O.